The average molecular weight is 265 g/mol. The molecule has 0 saturated heterocycles. The molecule has 98 valence electrons. The Labute approximate surface area is 110 Å². The van der Waals surface area contributed by atoms with Crippen molar-refractivity contribution >= 4 is 18.6 Å². The van der Waals surface area contributed by atoms with Crippen LogP contribution in [0.15, 0.2) is 24.3 Å². The van der Waals surface area contributed by atoms with Crippen molar-refractivity contribution < 1.29 is 9.59 Å². The van der Waals surface area contributed by atoms with Crippen molar-refractivity contribution in [3.63, 3.8) is 0 Å². The number of ketones is 1. The molecule has 0 fully saturated rings. The SMILES string of the molecule is CC(C)(C)C(=O)c1ccc(C(=O)[P+](C)(C)C)cc1. The summed E-state index contributed by atoms with van der Waals surface area (Å²) in [6.07, 6.45) is 0. The third-order valence-electron chi connectivity index (χ3n) is 2.68. The van der Waals surface area contributed by atoms with Crippen LogP contribution in [0.3, 0.4) is 0 Å². The first-order valence-electron chi connectivity index (χ1n) is 6.04. The highest BCUT2D eigenvalue weighted by molar-refractivity contribution is 7.89. The van der Waals surface area contributed by atoms with Gasteiger partial charge < -0.3 is 0 Å². The summed E-state index contributed by atoms with van der Waals surface area (Å²) in [6.45, 7) is 11.7. The quantitative estimate of drug-likeness (QED) is 0.612. The fourth-order valence-electron chi connectivity index (χ4n) is 1.58. The second-order valence-electron chi connectivity index (χ2n) is 6.47. The van der Waals surface area contributed by atoms with E-state index < -0.39 is 7.26 Å². The van der Waals surface area contributed by atoms with Crippen LogP contribution in [-0.4, -0.2) is 31.3 Å². The highest BCUT2D eigenvalue weighted by atomic mass is 31.2. The van der Waals surface area contributed by atoms with Gasteiger partial charge in [0.2, 0.25) is 0 Å². The minimum atomic E-state index is -1.52. The maximum Gasteiger partial charge on any atom is 0.297 e. The summed E-state index contributed by atoms with van der Waals surface area (Å²) < 4.78 is 0. The molecule has 0 aromatic heterocycles. The first-order valence-corrected chi connectivity index (χ1v) is 9.18. The topological polar surface area (TPSA) is 34.1 Å². The lowest BCUT2D eigenvalue weighted by atomic mass is 9.86. The van der Waals surface area contributed by atoms with E-state index in [0.717, 1.165) is 0 Å². The molecular weight excluding hydrogens is 243 g/mol. The van der Waals surface area contributed by atoms with Gasteiger partial charge in [0.25, 0.3) is 5.52 Å². The zero-order chi connectivity index (χ0) is 14.1. The maximum atomic E-state index is 12.1. The molecule has 0 unspecified atom stereocenters. The summed E-state index contributed by atoms with van der Waals surface area (Å²) in [7, 11) is -1.52. The van der Waals surface area contributed by atoms with Gasteiger partial charge >= 0.3 is 0 Å². The van der Waals surface area contributed by atoms with Crippen LogP contribution in [0.1, 0.15) is 41.5 Å². The molecule has 0 radical (unpaired) electrons. The molecule has 18 heavy (non-hydrogen) atoms. The van der Waals surface area contributed by atoms with Crippen LogP contribution in [0.4, 0.5) is 0 Å². The molecule has 0 atom stereocenters. The second-order valence-corrected chi connectivity index (χ2v) is 10.9. The standard InChI is InChI=1S/C15H22O2P/c1-15(2,3)13(16)11-7-9-12(10-8-11)14(17)18(4,5)6/h7-10H,1-6H3/q+1. The molecule has 1 aromatic rings. The van der Waals surface area contributed by atoms with Crippen LogP contribution in [-0.2, 0) is 0 Å². The third-order valence-corrected chi connectivity index (χ3v) is 4.16. The van der Waals surface area contributed by atoms with Gasteiger partial charge in [0.1, 0.15) is 0 Å². The number of carbonyl (C=O) groups is 2. The highest BCUT2D eigenvalue weighted by Gasteiger charge is 2.31. The number of Topliss-reactive ketones (excluding diaryl/α,β-unsaturated/α-hetero) is 1. The number of hydrogen-bond acceptors (Lipinski definition) is 2. The maximum absolute atomic E-state index is 12.1. The molecule has 0 amide bonds. The molecule has 0 aliphatic carbocycles. The van der Waals surface area contributed by atoms with Gasteiger partial charge in [-0.2, -0.15) is 0 Å². The van der Waals surface area contributed by atoms with Gasteiger partial charge in [-0.15, -0.1) is 0 Å². The first-order chi connectivity index (χ1) is 8.03. The average Bonchev–Trinajstić information content (AvgIpc) is 2.25. The molecule has 1 aromatic carbocycles. The monoisotopic (exact) mass is 265 g/mol. The van der Waals surface area contributed by atoms with E-state index >= 15 is 0 Å². The van der Waals surface area contributed by atoms with E-state index in [4.69, 9.17) is 0 Å². The lowest BCUT2D eigenvalue weighted by molar-refractivity contribution is 0.0858. The molecule has 0 bridgehead atoms. The van der Waals surface area contributed by atoms with Crippen LogP contribution in [0.2, 0.25) is 0 Å². The molecule has 0 heterocycles. The normalized spacial score (nSPS) is 12.3. The Balaban J connectivity index is 3.01. The Kier molecular flexibility index (Phi) is 4.12. The van der Waals surface area contributed by atoms with Gasteiger partial charge in [0.15, 0.2) is 5.78 Å². The van der Waals surface area contributed by atoms with E-state index in [9.17, 15) is 9.59 Å². The molecule has 0 aliphatic rings. The fourth-order valence-corrected chi connectivity index (χ4v) is 2.51. The van der Waals surface area contributed by atoms with Crippen LogP contribution >= 0.6 is 7.26 Å². The fraction of sp³-hybridized carbons (Fsp3) is 0.467. The minimum absolute atomic E-state index is 0.104. The largest absolute Gasteiger partial charge is 0.297 e. The molecule has 2 nitrogen and oxygen atoms in total. The van der Waals surface area contributed by atoms with Gasteiger partial charge in [-0.1, -0.05) is 32.9 Å². The third kappa shape index (κ3) is 3.49. The predicted molar refractivity (Wildman–Crippen MR) is 79.3 cm³/mol. The summed E-state index contributed by atoms with van der Waals surface area (Å²) in [4.78, 5) is 24.2. The number of hydrogen-bond donors (Lipinski definition) is 0. The Morgan fingerprint density at radius 3 is 1.61 bits per heavy atom. The first kappa shape index (κ1) is 15.0. The van der Waals surface area contributed by atoms with Gasteiger partial charge in [-0.05, 0) is 12.1 Å². The van der Waals surface area contributed by atoms with E-state index in [1.54, 1.807) is 24.3 Å². The van der Waals surface area contributed by atoms with Crippen molar-refractivity contribution in [1.29, 1.82) is 0 Å². The summed E-state index contributed by atoms with van der Waals surface area (Å²) in [5.74, 6) is 0.104. The summed E-state index contributed by atoms with van der Waals surface area (Å²) in [5, 5.41) is 0. The lowest BCUT2D eigenvalue weighted by Crippen LogP contribution is -2.20. The molecular formula is C15H22O2P+. The van der Waals surface area contributed by atoms with Crippen molar-refractivity contribution in [3.05, 3.63) is 35.4 Å². The van der Waals surface area contributed by atoms with Crippen LogP contribution in [0, 0.1) is 5.41 Å². The Hall–Kier alpha value is -1.01. The van der Waals surface area contributed by atoms with Crippen LogP contribution < -0.4 is 0 Å². The highest BCUT2D eigenvalue weighted by Crippen LogP contribution is 2.49. The second kappa shape index (κ2) is 4.93. The summed E-state index contributed by atoms with van der Waals surface area (Å²) in [6, 6.07) is 7.06. The van der Waals surface area contributed by atoms with Gasteiger partial charge in [-0.25, -0.2) is 4.79 Å². The lowest BCUT2D eigenvalue weighted by Gasteiger charge is -2.16. The molecule has 0 aliphatic heterocycles. The number of rotatable bonds is 3. The van der Waals surface area contributed by atoms with Crippen molar-refractivity contribution in [2.75, 3.05) is 20.0 Å². The van der Waals surface area contributed by atoms with Crippen molar-refractivity contribution in [3.8, 4) is 0 Å². The minimum Gasteiger partial charge on any atom is -0.294 e. The Morgan fingerprint density at radius 1 is 0.889 bits per heavy atom. The Morgan fingerprint density at radius 2 is 1.28 bits per heavy atom. The molecule has 1 rings (SSSR count). The summed E-state index contributed by atoms with van der Waals surface area (Å²) >= 11 is 0. The van der Waals surface area contributed by atoms with Crippen molar-refractivity contribution in [1.82, 2.24) is 0 Å². The summed E-state index contributed by atoms with van der Waals surface area (Å²) in [5.41, 5.74) is 1.20. The number of carbonyl (C=O) groups excluding carboxylic acids is 2. The smallest absolute Gasteiger partial charge is 0.294 e. The molecule has 0 N–H and O–H groups in total. The van der Waals surface area contributed by atoms with E-state index in [1.165, 1.54) is 0 Å². The van der Waals surface area contributed by atoms with E-state index in [2.05, 4.69) is 0 Å². The van der Waals surface area contributed by atoms with Gasteiger partial charge in [-0.3, -0.25) is 4.79 Å². The van der Waals surface area contributed by atoms with Crippen LogP contribution in [0.25, 0.3) is 0 Å². The van der Waals surface area contributed by atoms with Crippen molar-refractivity contribution in [2.24, 2.45) is 5.41 Å². The van der Waals surface area contributed by atoms with Gasteiger partial charge in [0.05, 0.1) is 32.8 Å². The molecule has 0 spiro atoms. The van der Waals surface area contributed by atoms with Crippen molar-refractivity contribution in [2.45, 2.75) is 20.8 Å². The molecule has 3 heteroatoms. The zero-order valence-corrected chi connectivity index (χ0v) is 13.0. The molecule has 0 saturated carbocycles. The van der Waals surface area contributed by atoms with E-state index in [0.29, 0.717) is 11.1 Å². The number of benzene rings is 1. The Bertz CT molecular complexity index is 414. The zero-order valence-electron chi connectivity index (χ0n) is 12.1. The van der Waals surface area contributed by atoms with E-state index in [-0.39, 0.29) is 16.7 Å². The van der Waals surface area contributed by atoms with E-state index in [1.807, 2.05) is 40.8 Å². The van der Waals surface area contributed by atoms with Gasteiger partial charge in [0, 0.05) is 11.0 Å². The van der Waals surface area contributed by atoms with Crippen LogP contribution in [0.5, 0.6) is 0 Å². The predicted octanol–water partition coefficient (Wildman–Crippen LogP) is 3.96.